The zero-order valence-corrected chi connectivity index (χ0v) is 11.6. The Balaban J connectivity index is 1.84. The Morgan fingerprint density at radius 2 is 1.61 bits per heavy atom. The maximum Gasteiger partial charge on any atom is 0.236 e. The van der Waals surface area contributed by atoms with Gasteiger partial charge in [0.05, 0.1) is 6.54 Å². The van der Waals surface area contributed by atoms with Gasteiger partial charge in [-0.3, -0.25) is 4.79 Å². The zero-order chi connectivity index (χ0) is 12.9. The summed E-state index contributed by atoms with van der Waals surface area (Å²) in [6.45, 7) is 4.44. The molecule has 0 aromatic carbocycles. The summed E-state index contributed by atoms with van der Waals surface area (Å²) >= 11 is 0. The minimum absolute atomic E-state index is 0.155. The molecule has 4 bridgehead atoms. The Hall–Kier alpha value is -0.570. The van der Waals surface area contributed by atoms with Crippen LogP contribution in [0, 0.1) is 23.7 Å². The van der Waals surface area contributed by atoms with E-state index in [1.807, 2.05) is 0 Å². The normalized spacial score (nSPS) is 41.4. The van der Waals surface area contributed by atoms with Gasteiger partial charge in [0.2, 0.25) is 5.91 Å². The summed E-state index contributed by atoms with van der Waals surface area (Å²) in [5.41, 5.74) is 5.61. The molecule has 0 atom stereocenters. The van der Waals surface area contributed by atoms with Gasteiger partial charge in [-0.25, -0.2) is 0 Å². The maximum atomic E-state index is 12.2. The van der Waals surface area contributed by atoms with Crippen LogP contribution in [0.4, 0.5) is 0 Å². The zero-order valence-electron chi connectivity index (χ0n) is 11.6. The second-order valence-corrected chi connectivity index (χ2v) is 7.02. The van der Waals surface area contributed by atoms with E-state index in [-0.39, 0.29) is 12.5 Å². The second-order valence-electron chi connectivity index (χ2n) is 7.02. The molecule has 4 aliphatic carbocycles. The van der Waals surface area contributed by atoms with E-state index in [0.717, 1.165) is 23.7 Å². The van der Waals surface area contributed by atoms with Crippen molar-refractivity contribution in [3.05, 3.63) is 0 Å². The standard InChI is InChI=1S/C15H26N2O/c1-9(2)17(14(18)8-16)15-12-4-10-3-11(6-12)7-13(15)5-10/h9-13,15H,3-8,16H2,1-2H3. The number of carbonyl (C=O) groups is 1. The second kappa shape index (κ2) is 4.52. The largest absolute Gasteiger partial charge is 0.336 e. The Labute approximate surface area is 110 Å². The van der Waals surface area contributed by atoms with Crippen molar-refractivity contribution < 1.29 is 4.79 Å². The molecule has 4 saturated carbocycles. The van der Waals surface area contributed by atoms with Gasteiger partial charge in [0.1, 0.15) is 0 Å². The molecule has 0 spiro atoms. The monoisotopic (exact) mass is 250 g/mol. The van der Waals surface area contributed by atoms with E-state index < -0.39 is 0 Å². The number of amides is 1. The first-order valence-electron chi connectivity index (χ1n) is 7.61. The lowest BCUT2D eigenvalue weighted by Crippen LogP contribution is -2.60. The van der Waals surface area contributed by atoms with E-state index in [4.69, 9.17) is 5.73 Å². The molecule has 0 aromatic rings. The van der Waals surface area contributed by atoms with Gasteiger partial charge in [0, 0.05) is 12.1 Å². The van der Waals surface area contributed by atoms with E-state index in [2.05, 4.69) is 18.7 Å². The van der Waals surface area contributed by atoms with Crippen molar-refractivity contribution >= 4 is 5.91 Å². The molecule has 1 amide bonds. The lowest BCUT2D eigenvalue weighted by molar-refractivity contribution is -0.145. The van der Waals surface area contributed by atoms with Crippen LogP contribution in [0.2, 0.25) is 0 Å². The van der Waals surface area contributed by atoms with Crippen LogP contribution in [0.25, 0.3) is 0 Å². The first-order chi connectivity index (χ1) is 8.60. The predicted octanol–water partition coefficient (Wildman–Crippen LogP) is 2.01. The lowest BCUT2D eigenvalue weighted by atomic mass is 9.53. The average molecular weight is 250 g/mol. The number of rotatable bonds is 3. The van der Waals surface area contributed by atoms with Crippen molar-refractivity contribution in [2.45, 2.75) is 58.0 Å². The Morgan fingerprint density at radius 1 is 1.11 bits per heavy atom. The molecular formula is C15H26N2O. The Bertz CT molecular complexity index is 311. The molecule has 4 aliphatic rings. The molecular weight excluding hydrogens is 224 g/mol. The van der Waals surface area contributed by atoms with Gasteiger partial charge in [-0.1, -0.05) is 0 Å². The van der Waals surface area contributed by atoms with E-state index >= 15 is 0 Å². The van der Waals surface area contributed by atoms with Crippen molar-refractivity contribution in [1.29, 1.82) is 0 Å². The van der Waals surface area contributed by atoms with Gasteiger partial charge in [-0.05, 0) is 69.6 Å². The van der Waals surface area contributed by atoms with E-state index in [1.54, 1.807) is 0 Å². The molecule has 0 aliphatic heterocycles. The minimum Gasteiger partial charge on any atom is -0.336 e. The van der Waals surface area contributed by atoms with Crippen molar-refractivity contribution in [3.8, 4) is 0 Å². The number of carbonyl (C=O) groups excluding carboxylic acids is 1. The number of hydrogen-bond acceptors (Lipinski definition) is 2. The maximum absolute atomic E-state index is 12.2. The molecule has 0 radical (unpaired) electrons. The van der Waals surface area contributed by atoms with Crippen molar-refractivity contribution in [1.82, 2.24) is 4.90 Å². The molecule has 4 fully saturated rings. The Kier molecular flexibility index (Phi) is 3.13. The van der Waals surface area contributed by atoms with Crippen molar-refractivity contribution in [2.75, 3.05) is 6.54 Å². The third-order valence-electron chi connectivity index (χ3n) is 5.52. The molecule has 102 valence electrons. The topological polar surface area (TPSA) is 46.3 Å². The molecule has 0 aromatic heterocycles. The molecule has 0 unspecified atom stereocenters. The van der Waals surface area contributed by atoms with Gasteiger partial charge in [0.25, 0.3) is 0 Å². The van der Waals surface area contributed by atoms with Gasteiger partial charge in [-0.15, -0.1) is 0 Å². The molecule has 3 heteroatoms. The fourth-order valence-corrected chi connectivity index (χ4v) is 5.25. The number of nitrogens with zero attached hydrogens (tertiary/aromatic N) is 1. The first-order valence-corrected chi connectivity index (χ1v) is 7.61. The molecule has 4 rings (SSSR count). The smallest absolute Gasteiger partial charge is 0.236 e. The quantitative estimate of drug-likeness (QED) is 0.833. The molecule has 2 N–H and O–H groups in total. The first kappa shape index (κ1) is 12.5. The van der Waals surface area contributed by atoms with Crippen LogP contribution in [-0.4, -0.2) is 29.4 Å². The Morgan fingerprint density at radius 3 is 2.00 bits per heavy atom. The highest BCUT2D eigenvalue weighted by molar-refractivity contribution is 5.78. The highest BCUT2D eigenvalue weighted by atomic mass is 16.2. The molecule has 3 nitrogen and oxygen atoms in total. The highest BCUT2D eigenvalue weighted by Crippen LogP contribution is 2.55. The summed E-state index contributed by atoms with van der Waals surface area (Å²) in [6, 6.07) is 0.789. The van der Waals surface area contributed by atoms with Crippen LogP contribution in [0.5, 0.6) is 0 Å². The van der Waals surface area contributed by atoms with E-state index in [9.17, 15) is 4.79 Å². The fraction of sp³-hybridized carbons (Fsp3) is 0.933. The van der Waals surface area contributed by atoms with Gasteiger partial charge >= 0.3 is 0 Å². The number of nitrogens with two attached hydrogens (primary N) is 1. The average Bonchev–Trinajstić information content (AvgIpc) is 2.31. The van der Waals surface area contributed by atoms with E-state index in [1.165, 1.54) is 32.1 Å². The SMILES string of the molecule is CC(C)N(C(=O)CN)C1C2CC3CC(C2)CC1C3. The van der Waals surface area contributed by atoms with Crippen LogP contribution < -0.4 is 5.73 Å². The predicted molar refractivity (Wildman–Crippen MR) is 71.9 cm³/mol. The number of hydrogen-bond donors (Lipinski definition) is 1. The summed E-state index contributed by atoms with van der Waals surface area (Å²) in [4.78, 5) is 14.3. The summed E-state index contributed by atoms with van der Waals surface area (Å²) in [6.07, 6.45) is 6.90. The summed E-state index contributed by atoms with van der Waals surface area (Å²) < 4.78 is 0. The summed E-state index contributed by atoms with van der Waals surface area (Å²) in [7, 11) is 0. The van der Waals surface area contributed by atoms with Gasteiger partial charge in [-0.2, -0.15) is 0 Å². The lowest BCUT2D eigenvalue weighted by Gasteiger charge is -2.58. The van der Waals surface area contributed by atoms with Crippen LogP contribution in [0.3, 0.4) is 0 Å². The molecule has 18 heavy (non-hydrogen) atoms. The van der Waals surface area contributed by atoms with Crippen LogP contribution >= 0.6 is 0 Å². The highest BCUT2D eigenvalue weighted by Gasteiger charge is 2.51. The fourth-order valence-electron chi connectivity index (χ4n) is 5.25. The minimum atomic E-state index is 0.155. The van der Waals surface area contributed by atoms with Crippen LogP contribution in [0.1, 0.15) is 46.0 Å². The third-order valence-corrected chi connectivity index (χ3v) is 5.52. The summed E-state index contributed by atoms with van der Waals surface area (Å²) in [5, 5.41) is 0. The molecule has 0 heterocycles. The van der Waals surface area contributed by atoms with Crippen molar-refractivity contribution in [2.24, 2.45) is 29.4 Å². The van der Waals surface area contributed by atoms with Gasteiger partial charge in [0.15, 0.2) is 0 Å². The van der Waals surface area contributed by atoms with Gasteiger partial charge < -0.3 is 10.6 Å². The molecule has 0 saturated heterocycles. The van der Waals surface area contributed by atoms with Crippen LogP contribution in [-0.2, 0) is 4.79 Å². The third kappa shape index (κ3) is 1.87. The van der Waals surface area contributed by atoms with E-state index in [0.29, 0.717) is 12.1 Å². The van der Waals surface area contributed by atoms with Crippen molar-refractivity contribution in [3.63, 3.8) is 0 Å². The van der Waals surface area contributed by atoms with Crippen LogP contribution in [0.15, 0.2) is 0 Å². The summed E-state index contributed by atoms with van der Waals surface area (Å²) in [5.74, 6) is 3.61.